The Balaban J connectivity index is 1.71. The molecule has 1 atom stereocenters. The van der Waals surface area contributed by atoms with Crippen LogP contribution in [0.25, 0.3) is 11.4 Å². The Morgan fingerprint density at radius 3 is 2.75 bits per heavy atom. The smallest absolute Gasteiger partial charge is 0.271 e. The summed E-state index contributed by atoms with van der Waals surface area (Å²) >= 11 is 7.25. The zero-order valence-corrected chi connectivity index (χ0v) is 16.7. The van der Waals surface area contributed by atoms with E-state index in [1.54, 1.807) is 23.8 Å². The van der Waals surface area contributed by atoms with Gasteiger partial charge in [-0.05, 0) is 26.0 Å². The summed E-state index contributed by atoms with van der Waals surface area (Å²) < 4.78 is 7.08. The van der Waals surface area contributed by atoms with Gasteiger partial charge in [-0.1, -0.05) is 23.4 Å². The summed E-state index contributed by atoms with van der Waals surface area (Å²) in [6.07, 6.45) is 1.58. The molecule has 2 aromatic heterocycles. The fourth-order valence-corrected chi connectivity index (χ4v) is 3.47. The monoisotopic (exact) mass is 421 g/mol. The minimum atomic E-state index is -0.552. The number of carbonyl (C=O) groups excluding carboxylic acids is 1. The molecular weight excluding hydrogens is 406 g/mol. The molecule has 0 bridgehead atoms. The highest BCUT2D eigenvalue weighted by Gasteiger charge is 2.21. The Bertz CT molecular complexity index is 1050. The van der Waals surface area contributed by atoms with Crippen molar-refractivity contribution in [1.82, 2.24) is 14.8 Å². The molecule has 1 amide bonds. The van der Waals surface area contributed by atoms with Crippen LogP contribution in [0.4, 0.5) is 11.4 Å². The number of carbonyl (C=O) groups is 1. The first-order valence-corrected chi connectivity index (χ1v) is 9.39. The van der Waals surface area contributed by atoms with E-state index >= 15 is 0 Å². The van der Waals surface area contributed by atoms with Gasteiger partial charge in [0.25, 0.3) is 5.69 Å². The summed E-state index contributed by atoms with van der Waals surface area (Å²) in [5, 5.41) is 21.9. The van der Waals surface area contributed by atoms with Gasteiger partial charge in [-0.15, -0.1) is 10.2 Å². The van der Waals surface area contributed by atoms with Crippen molar-refractivity contribution >= 4 is 40.6 Å². The largest absolute Gasteiger partial charge is 0.469 e. The van der Waals surface area contributed by atoms with Crippen LogP contribution in [0.3, 0.4) is 0 Å². The van der Waals surface area contributed by atoms with Crippen LogP contribution < -0.4 is 5.32 Å². The second kappa shape index (κ2) is 8.03. The van der Waals surface area contributed by atoms with Crippen molar-refractivity contribution < 1.29 is 14.1 Å². The molecule has 1 unspecified atom stereocenters. The number of benzene rings is 1. The Morgan fingerprint density at radius 2 is 2.14 bits per heavy atom. The van der Waals surface area contributed by atoms with Crippen LogP contribution in [0.5, 0.6) is 0 Å². The van der Waals surface area contributed by atoms with E-state index in [9.17, 15) is 14.9 Å². The number of nitro groups is 1. The molecule has 2 heterocycles. The van der Waals surface area contributed by atoms with E-state index in [1.165, 1.54) is 30.0 Å². The molecule has 0 spiro atoms. The lowest BCUT2D eigenvalue weighted by molar-refractivity contribution is -0.384. The van der Waals surface area contributed by atoms with Gasteiger partial charge < -0.3 is 14.3 Å². The number of rotatable bonds is 6. The standard InChI is InChI=1S/C17H16ClN5O4S/c1-9-12(6-7-27-9)15-20-21-17(22(15)3)28-10(2)16(24)19-14-5-4-11(23(25)26)8-13(14)18/h4-8,10H,1-3H3,(H,19,24). The lowest BCUT2D eigenvalue weighted by Gasteiger charge is -2.12. The first-order chi connectivity index (χ1) is 13.3. The van der Waals surface area contributed by atoms with E-state index in [2.05, 4.69) is 15.5 Å². The molecule has 0 aliphatic heterocycles. The van der Waals surface area contributed by atoms with E-state index in [1.807, 2.05) is 14.0 Å². The van der Waals surface area contributed by atoms with Crippen LogP contribution in [-0.2, 0) is 11.8 Å². The van der Waals surface area contributed by atoms with Gasteiger partial charge in [0.05, 0.1) is 32.7 Å². The van der Waals surface area contributed by atoms with Crippen LogP contribution in [0, 0.1) is 17.0 Å². The number of hydrogen-bond donors (Lipinski definition) is 1. The van der Waals surface area contributed by atoms with E-state index < -0.39 is 10.2 Å². The minimum Gasteiger partial charge on any atom is -0.469 e. The maximum Gasteiger partial charge on any atom is 0.271 e. The van der Waals surface area contributed by atoms with Crippen molar-refractivity contribution in [2.24, 2.45) is 7.05 Å². The summed E-state index contributed by atoms with van der Waals surface area (Å²) in [5.74, 6) is 1.05. The molecule has 3 aromatic rings. The fraction of sp³-hybridized carbons (Fsp3) is 0.235. The van der Waals surface area contributed by atoms with E-state index in [4.69, 9.17) is 16.0 Å². The minimum absolute atomic E-state index is 0.0936. The number of nitro benzene ring substituents is 1. The predicted octanol–water partition coefficient (Wildman–Crippen LogP) is 4.06. The number of non-ortho nitro benzene ring substituents is 1. The molecule has 28 heavy (non-hydrogen) atoms. The summed E-state index contributed by atoms with van der Waals surface area (Å²) in [6.45, 7) is 3.55. The quantitative estimate of drug-likeness (QED) is 0.362. The van der Waals surface area contributed by atoms with Gasteiger partial charge in [0.1, 0.15) is 5.76 Å². The normalized spacial score (nSPS) is 12.0. The van der Waals surface area contributed by atoms with Crippen molar-refractivity contribution in [2.75, 3.05) is 5.32 Å². The topological polar surface area (TPSA) is 116 Å². The average molecular weight is 422 g/mol. The van der Waals surface area contributed by atoms with Gasteiger partial charge in [0.2, 0.25) is 5.91 Å². The van der Waals surface area contributed by atoms with Crippen LogP contribution in [0.2, 0.25) is 5.02 Å². The third-order valence-corrected chi connectivity index (χ3v) is 5.45. The molecule has 1 N–H and O–H groups in total. The van der Waals surface area contributed by atoms with Gasteiger partial charge >= 0.3 is 0 Å². The highest BCUT2D eigenvalue weighted by atomic mass is 35.5. The Hall–Kier alpha value is -2.85. The lowest BCUT2D eigenvalue weighted by Crippen LogP contribution is -2.23. The number of halogens is 1. The molecule has 0 aliphatic carbocycles. The molecule has 0 saturated carbocycles. The number of aromatic nitrogens is 3. The number of hydrogen-bond acceptors (Lipinski definition) is 7. The molecular formula is C17H16ClN5O4S. The average Bonchev–Trinajstić information content (AvgIpc) is 3.22. The van der Waals surface area contributed by atoms with Crippen molar-refractivity contribution in [3.8, 4) is 11.4 Å². The lowest BCUT2D eigenvalue weighted by atomic mass is 10.2. The van der Waals surface area contributed by atoms with Gasteiger partial charge in [0, 0.05) is 19.2 Å². The molecule has 9 nitrogen and oxygen atoms in total. The fourth-order valence-electron chi connectivity index (χ4n) is 2.43. The number of nitrogens with zero attached hydrogens (tertiary/aromatic N) is 4. The molecule has 0 radical (unpaired) electrons. The summed E-state index contributed by atoms with van der Waals surface area (Å²) in [6, 6.07) is 5.68. The number of aryl methyl sites for hydroxylation is 1. The first kappa shape index (κ1) is 19.9. The van der Waals surface area contributed by atoms with Gasteiger partial charge in [-0.25, -0.2) is 0 Å². The molecule has 1 aromatic carbocycles. The van der Waals surface area contributed by atoms with Crippen molar-refractivity contribution in [3.05, 3.63) is 51.4 Å². The molecule has 146 valence electrons. The Labute approximate surface area is 169 Å². The summed E-state index contributed by atoms with van der Waals surface area (Å²) in [7, 11) is 1.81. The number of amides is 1. The third kappa shape index (κ3) is 4.02. The van der Waals surface area contributed by atoms with Gasteiger partial charge in [0.15, 0.2) is 11.0 Å². The van der Waals surface area contributed by atoms with Crippen molar-refractivity contribution in [3.63, 3.8) is 0 Å². The highest BCUT2D eigenvalue weighted by Crippen LogP contribution is 2.30. The number of furan rings is 1. The number of anilines is 1. The van der Waals surface area contributed by atoms with E-state index in [-0.39, 0.29) is 16.6 Å². The Kier molecular flexibility index (Phi) is 5.71. The predicted molar refractivity (Wildman–Crippen MR) is 105 cm³/mol. The summed E-state index contributed by atoms with van der Waals surface area (Å²) in [5.41, 5.74) is 0.987. The van der Waals surface area contributed by atoms with Crippen LogP contribution in [0.1, 0.15) is 12.7 Å². The van der Waals surface area contributed by atoms with Crippen molar-refractivity contribution in [1.29, 1.82) is 0 Å². The molecule has 0 saturated heterocycles. The number of nitrogens with one attached hydrogen (secondary N) is 1. The highest BCUT2D eigenvalue weighted by molar-refractivity contribution is 8.00. The zero-order chi connectivity index (χ0) is 20.4. The van der Waals surface area contributed by atoms with E-state index in [0.29, 0.717) is 16.7 Å². The SMILES string of the molecule is Cc1occc1-c1nnc(SC(C)C(=O)Nc2ccc([N+](=O)[O-])cc2Cl)n1C. The maximum absolute atomic E-state index is 12.5. The molecule has 0 fully saturated rings. The summed E-state index contributed by atoms with van der Waals surface area (Å²) in [4.78, 5) is 22.7. The van der Waals surface area contributed by atoms with Gasteiger partial charge in [-0.2, -0.15) is 0 Å². The van der Waals surface area contributed by atoms with Crippen molar-refractivity contribution in [2.45, 2.75) is 24.3 Å². The second-order valence-electron chi connectivity index (χ2n) is 5.93. The molecule has 3 rings (SSSR count). The van der Waals surface area contributed by atoms with Crippen LogP contribution >= 0.6 is 23.4 Å². The van der Waals surface area contributed by atoms with Crippen LogP contribution in [0.15, 0.2) is 40.1 Å². The third-order valence-electron chi connectivity index (χ3n) is 4.01. The zero-order valence-electron chi connectivity index (χ0n) is 15.2. The number of thioether (sulfide) groups is 1. The van der Waals surface area contributed by atoms with E-state index in [0.717, 1.165) is 11.3 Å². The second-order valence-corrected chi connectivity index (χ2v) is 7.64. The molecule has 0 aliphatic rings. The maximum atomic E-state index is 12.5. The molecule has 11 heteroatoms. The van der Waals surface area contributed by atoms with Gasteiger partial charge in [-0.3, -0.25) is 14.9 Å². The first-order valence-electron chi connectivity index (χ1n) is 8.13. The van der Waals surface area contributed by atoms with Crippen LogP contribution in [-0.4, -0.2) is 30.8 Å². The Morgan fingerprint density at radius 1 is 1.39 bits per heavy atom.